The Morgan fingerprint density at radius 2 is 1.95 bits per heavy atom. The highest BCUT2D eigenvalue weighted by Crippen LogP contribution is 2.60. The van der Waals surface area contributed by atoms with E-state index >= 15 is 0 Å². The van der Waals surface area contributed by atoms with Gasteiger partial charge in [-0.05, 0) is 44.6 Å². The fourth-order valence-corrected chi connectivity index (χ4v) is 3.36. The van der Waals surface area contributed by atoms with Gasteiger partial charge in [0.05, 0.1) is 12.3 Å². The van der Waals surface area contributed by atoms with Crippen molar-refractivity contribution in [1.82, 2.24) is 0 Å². The van der Waals surface area contributed by atoms with E-state index in [2.05, 4.69) is 19.9 Å². The van der Waals surface area contributed by atoms with E-state index < -0.39 is 6.10 Å². The molecule has 0 aromatic heterocycles. The summed E-state index contributed by atoms with van der Waals surface area (Å²) in [5, 5.41) is 0. The molecule has 2 aliphatic carbocycles. The van der Waals surface area contributed by atoms with Crippen molar-refractivity contribution in [2.75, 3.05) is 0 Å². The lowest BCUT2D eigenvalue weighted by Crippen LogP contribution is -2.20. The van der Waals surface area contributed by atoms with Gasteiger partial charge in [-0.2, -0.15) is 0 Å². The number of esters is 1. The van der Waals surface area contributed by atoms with E-state index in [1.165, 1.54) is 5.57 Å². The number of ketones is 1. The van der Waals surface area contributed by atoms with Crippen LogP contribution in [-0.4, -0.2) is 17.9 Å². The van der Waals surface area contributed by atoms with Gasteiger partial charge in [0.1, 0.15) is 6.10 Å². The smallest absolute Gasteiger partial charge is 0.310 e. The third-order valence-electron chi connectivity index (χ3n) is 4.85. The molecule has 22 heavy (non-hydrogen) atoms. The average molecular weight is 302 g/mol. The zero-order chi connectivity index (χ0) is 16.7. The third kappa shape index (κ3) is 2.94. The lowest BCUT2D eigenvalue weighted by atomic mass is 10.1. The molecule has 0 amide bonds. The van der Waals surface area contributed by atoms with Gasteiger partial charge in [-0.15, -0.1) is 0 Å². The fourth-order valence-electron chi connectivity index (χ4n) is 3.36. The highest BCUT2D eigenvalue weighted by atomic mass is 16.5. The molecule has 2 rings (SSSR count). The van der Waals surface area contributed by atoms with Gasteiger partial charge in [0.15, 0.2) is 5.78 Å². The van der Waals surface area contributed by atoms with Crippen molar-refractivity contribution in [3.63, 3.8) is 0 Å². The van der Waals surface area contributed by atoms with Crippen LogP contribution in [0.4, 0.5) is 0 Å². The monoisotopic (exact) mass is 302 g/mol. The molecule has 1 saturated carbocycles. The molecule has 0 saturated heterocycles. The normalized spacial score (nSPS) is 29.9. The summed E-state index contributed by atoms with van der Waals surface area (Å²) in [5.41, 5.74) is 2.72. The molecule has 0 heterocycles. The summed E-state index contributed by atoms with van der Waals surface area (Å²) >= 11 is 0. The van der Waals surface area contributed by atoms with Crippen LogP contribution in [0, 0.1) is 17.3 Å². The Balaban J connectivity index is 2.09. The predicted octanol–water partition coefficient (Wildman–Crippen LogP) is 4.00. The largest absolute Gasteiger partial charge is 0.457 e. The SMILES string of the molecule is CC=CC1=C(C)[C@@H](OC(=O)[C@@H]2[C@@H](C=C(C)C)C2(C)C)CC1=O. The summed E-state index contributed by atoms with van der Waals surface area (Å²) in [6.45, 7) is 12.0. The molecule has 0 bridgehead atoms. The highest BCUT2D eigenvalue weighted by Gasteiger charge is 2.61. The van der Waals surface area contributed by atoms with Crippen LogP contribution >= 0.6 is 0 Å². The fraction of sp³-hybridized carbons (Fsp3) is 0.579. The number of hydrogen-bond acceptors (Lipinski definition) is 3. The van der Waals surface area contributed by atoms with E-state index in [0.29, 0.717) is 5.57 Å². The quantitative estimate of drug-likeness (QED) is 0.582. The standard InChI is InChI=1S/C19H26O3/c1-7-8-13-12(4)16(10-15(13)20)22-18(21)17-14(9-11(2)3)19(17,5)6/h7-9,14,16-17H,10H2,1-6H3/t14-,16+,17+/m1/s1. The van der Waals surface area contributed by atoms with Gasteiger partial charge in [0.25, 0.3) is 0 Å². The number of rotatable bonds is 4. The lowest BCUT2D eigenvalue weighted by molar-refractivity contribution is -0.150. The second-order valence-corrected chi connectivity index (χ2v) is 7.22. The van der Waals surface area contributed by atoms with Crippen molar-refractivity contribution in [2.24, 2.45) is 17.3 Å². The first-order valence-corrected chi connectivity index (χ1v) is 7.92. The second-order valence-electron chi connectivity index (χ2n) is 7.22. The number of Topliss-reactive ketones (excluding diaryl/α,β-unsaturated/α-hetero) is 1. The molecule has 2 aliphatic rings. The first kappa shape index (κ1) is 16.7. The van der Waals surface area contributed by atoms with E-state index in [1.54, 1.807) is 6.08 Å². The van der Waals surface area contributed by atoms with Crippen LogP contribution in [0.2, 0.25) is 0 Å². The summed E-state index contributed by atoms with van der Waals surface area (Å²) in [5.74, 6) is 0.0214. The van der Waals surface area contributed by atoms with Gasteiger partial charge >= 0.3 is 5.97 Å². The lowest BCUT2D eigenvalue weighted by Gasteiger charge is -2.13. The van der Waals surface area contributed by atoms with Gasteiger partial charge in [0, 0.05) is 5.57 Å². The maximum atomic E-state index is 12.5. The summed E-state index contributed by atoms with van der Waals surface area (Å²) in [6, 6.07) is 0. The van der Waals surface area contributed by atoms with Crippen LogP contribution in [0.15, 0.2) is 34.9 Å². The molecule has 1 fully saturated rings. The first-order valence-electron chi connectivity index (χ1n) is 7.92. The molecular weight excluding hydrogens is 276 g/mol. The van der Waals surface area contributed by atoms with E-state index in [-0.39, 0.29) is 35.4 Å². The van der Waals surface area contributed by atoms with Crippen LogP contribution in [0.25, 0.3) is 0 Å². The van der Waals surface area contributed by atoms with Gasteiger partial charge in [-0.3, -0.25) is 9.59 Å². The molecule has 3 heteroatoms. The minimum atomic E-state index is -0.394. The van der Waals surface area contributed by atoms with Gasteiger partial charge < -0.3 is 4.74 Å². The summed E-state index contributed by atoms with van der Waals surface area (Å²) in [7, 11) is 0. The molecule has 0 unspecified atom stereocenters. The summed E-state index contributed by atoms with van der Waals surface area (Å²) in [4.78, 5) is 24.5. The minimum absolute atomic E-state index is 0.0548. The molecule has 3 atom stereocenters. The van der Waals surface area contributed by atoms with E-state index in [0.717, 1.165) is 5.57 Å². The van der Waals surface area contributed by atoms with E-state index in [9.17, 15) is 9.59 Å². The number of ether oxygens (including phenoxy) is 1. The van der Waals surface area contributed by atoms with Crippen molar-refractivity contribution >= 4 is 11.8 Å². The Morgan fingerprint density at radius 3 is 2.50 bits per heavy atom. The Labute approximate surface area is 133 Å². The van der Waals surface area contributed by atoms with Crippen molar-refractivity contribution in [2.45, 2.75) is 54.1 Å². The van der Waals surface area contributed by atoms with Crippen LogP contribution in [0.1, 0.15) is 48.0 Å². The van der Waals surface area contributed by atoms with Gasteiger partial charge in [-0.1, -0.05) is 37.6 Å². The molecule has 0 aromatic carbocycles. The molecule has 120 valence electrons. The maximum absolute atomic E-state index is 12.5. The highest BCUT2D eigenvalue weighted by molar-refractivity contribution is 6.02. The van der Waals surface area contributed by atoms with Crippen LogP contribution < -0.4 is 0 Å². The number of carbonyl (C=O) groups excluding carboxylic acids is 2. The number of hydrogen-bond donors (Lipinski definition) is 0. The minimum Gasteiger partial charge on any atom is -0.457 e. The van der Waals surface area contributed by atoms with Crippen LogP contribution in [-0.2, 0) is 14.3 Å². The van der Waals surface area contributed by atoms with Gasteiger partial charge in [-0.25, -0.2) is 0 Å². The molecule has 0 spiro atoms. The molecule has 0 N–H and O–H groups in total. The molecule has 3 nitrogen and oxygen atoms in total. The van der Waals surface area contributed by atoms with Crippen molar-refractivity contribution in [1.29, 1.82) is 0 Å². The van der Waals surface area contributed by atoms with Gasteiger partial charge in [0.2, 0.25) is 0 Å². The topological polar surface area (TPSA) is 43.4 Å². The van der Waals surface area contributed by atoms with Crippen molar-refractivity contribution in [3.05, 3.63) is 34.9 Å². The van der Waals surface area contributed by atoms with Crippen LogP contribution in [0.3, 0.4) is 0 Å². The average Bonchev–Trinajstić information content (AvgIpc) is 2.83. The molecule has 0 radical (unpaired) electrons. The Bertz CT molecular complexity index is 586. The summed E-state index contributed by atoms with van der Waals surface area (Å²) in [6.07, 6.45) is 5.68. The maximum Gasteiger partial charge on any atom is 0.310 e. The zero-order valence-electron chi connectivity index (χ0n) is 14.4. The Hall–Kier alpha value is -1.64. The predicted molar refractivity (Wildman–Crippen MR) is 87.2 cm³/mol. The Morgan fingerprint density at radius 1 is 1.32 bits per heavy atom. The zero-order valence-corrected chi connectivity index (χ0v) is 14.4. The molecular formula is C19H26O3. The van der Waals surface area contributed by atoms with E-state index in [1.807, 2.05) is 33.8 Å². The Kier molecular flexibility index (Phi) is 4.46. The summed E-state index contributed by atoms with van der Waals surface area (Å²) < 4.78 is 5.66. The molecule has 0 aromatic rings. The molecule has 0 aliphatic heterocycles. The number of allylic oxidation sites excluding steroid dienone is 5. The first-order chi connectivity index (χ1) is 10.2. The van der Waals surface area contributed by atoms with Crippen molar-refractivity contribution in [3.8, 4) is 0 Å². The van der Waals surface area contributed by atoms with Crippen LogP contribution in [0.5, 0.6) is 0 Å². The number of carbonyl (C=O) groups is 2. The van der Waals surface area contributed by atoms with Crippen molar-refractivity contribution < 1.29 is 14.3 Å². The van der Waals surface area contributed by atoms with E-state index in [4.69, 9.17) is 4.74 Å². The third-order valence-corrected chi connectivity index (χ3v) is 4.85. The second kappa shape index (κ2) is 5.86.